The number of nitrogens with zero attached hydrogens (tertiary/aromatic N) is 2. The van der Waals surface area contributed by atoms with Gasteiger partial charge in [-0.3, -0.25) is 0 Å². The molecule has 0 spiro atoms. The Labute approximate surface area is 106 Å². The molecule has 1 fully saturated rings. The number of urea groups is 1. The number of aliphatic hydroxyl groups excluding tert-OH is 1. The van der Waals surface area contributed by atoms with Crippen LogP contribution >= 0.6 is 0 Å². The van der Waals surface area contributed by atoms with Gasteiger partial charge in [-0.15, -0.1) is 6.58 Å². The van der Waals surface area contributed by atoms with Crippen molar-refractivity contribution in [2.45, 2.75) is 38.5 Å². The maximum Gasteiger partial charge on any atom is 0.326 e. The summed E-state index contributed by atoms with van der Waals surface area (Å²) in [5.41, 5.74) is 0. The Kier molecular flexibility index (Phi) is 4.72. The second-order valence-corrected chi connectivity index (χ2v) is 4.71. The van der Waals surface area contributed by atoms with Crippen molar-refractivity contribution in [3.63, 3.8) is 0 Å². The monoisotopic (exact) mass is 256 g/mol. The number of likely N-dealkylation sites (tertiary alicyclic amines) is 1. The van der Waals surface area contributed by atoms with E-state index in [4.69, 9.17) is 5.11 Å². The molecule has 0 aromatic rings. The molecule has 6 heteroatoms. The number of carbonyl (C=O) groups excluding carboxylic acids is 1. The number of aliphatic carboxylic acids is 1. The maximum atomic E-state index is 12.3. The van der Waals surface area contributed by atoms with E-state index in [1.54, 1.807) is 6.08 Å². The summed E-state index contributed by atoms with van der Waals surface area (Å²) in [4.78, 5) is 26.1. The van der Waals surface area contributed by atoms with Crippen LogP contribution in [0.5, 0.6) is 0 Å². The summed E-state index contributed by atoms with van der Waals surface area (Å²) in [6.07, 6.45) is 0.911. The lowest BCUT2D eigenvalue weighted by Crippen LogP contribution is -2.50. The number of β-amino-alcohol motifs (C(OH)–C–C–N with tert-alkyl or cyclic N) is 1. The number of carbonyl (C=O) groups is 2. The number of carboxylic acids is 1. The molecule has 0 bridgehead atoms. The Hall–Kier alpha value is -1.56. The summed E-state index contributed by atoms with van der Waals surface area (Å²) in [5.74, 6) is -1.08. The van der Waals surface area contributed by atoms with Crippen LogP contribution in [-0.4, -0.2) is 63.3 Å². The summed E-state index contributed by atoms with van der Waals surface area (Å²) in [7, 11) is 0. The molecule has 0 aromatic carbocycles. The first-order chi connectivity index (χ1) is 8.38. The average molecular weight is 256 g/mol. The van der Waals surface area contributed by atoms with Crippen LogP contribution in [-0.2, 0) is 4.79 Å². The van der Waals surface area contributed by atoms with Crippen LogP contribution in [0.15, 0.2) is 12.7 Å². The van der Waals surface area contributed by atoms with E-state index >= 15 is 0 Å². The Bertz CT molecular complexity index is 343. The van der Waals surface area contributed by atoms with Gasteiger partial charge in [0.2, 0.25) is 0 Å². The van der Waals surface area contributed by atoms with Crippen molar-refractivity contribution in [1.29, 1.82) is 0 Å². The molecular weight excluding hydrogens is 236 g/mol. The third kappa shape index (κ3) is 3.01. The average Bonchev–Trinajstić information content (AvgIpc) is 2.67. The van der Waals surface area contributed by atoms with Crippen LogP contribution < -0.4 is 0 Å². The number of hydrogen-bond donors (Lipinski definition) is 2. The minimum atomic E-state index is -1.08. The Balaban J connectivity index is 2.86. The van der Waals surface area contributed by atoms with Crippen LogP contribution in [0.2, 0.25) is 0 Å². The standard InChI is InChI=1S/C12H20N2O4/c1-4-5-13(8(2)3)12(18)14-7-9(15)6-10(14)11(16)17/h4,8-10,15H,1,5-7H2,2-3H3,(H,16,17)/t9?,10-/m0/s1. The van der Waals surface area contributed by atoms with E-state index in [0.29, 0.717) is 6.54 Å². The lowest BCUT2D eigenvalue weighted by molar-refractivity contribution is -0.141. The van der Waals surface area contributed by atoms with E-state index in [1.165, 1.54) is 9.80 Å². The largest absolute Gasteiger partial charge is 0.480 e. The summed E-state index contributed by atoms with van der Waals surface area (Å²) in [5, 5.41) is 18.6. The first kappa shape index (κ1) is 14.5. The molecule has 1 aliphatic rings. The molecule has 2 atom stereocenters. The number of rotatable bonds is 4. The van der Waals surface area contributed by atoms with E-state index in [1.807, 2.05) is 13.8 Å². The van der Waals surface area contributed by atoms with Crippen LogP contribution in [0.1, 0.15) is 20.3 Å². The molecule has 2 amide bonds. The fraction of sp³-hybridized carbons (Fsp3) is 0.667. The predicted molar refractivity (Wildman–Crippen MR) is 66.2 cm³/mol. The van der Waals surface area contributed by atoms with Crippen molar-refractivity contribution in [3.8, 4) is 0 Å². The molecule has 1 heterocycles. The minimum absolute atomic E-state index is 0.0531. The number of aliphatic hydroxyl groups is 1. The molecule has 6 nitrogen and oxygen atoms in total. The maximum absolute atomic E-state index is 12.3. The molecule has 1 rings (SSSR count). The first-order valence-corrected chi connectivity index (χ1v) is 5.97. The number of carboxylic acid groups (broad SMARTS) is 1. The van der Waals surface area contributed by atoms with Gasteiger partial charge in [-0.2, -0.15) is 0 Å². The van der Waals surface area contributed by atoms with Gasteiger partial charge in [-0.05, 0) is 13.8 Å². The van der Waals surface area contributed by atoms with Crippen molar-refractivity contribution in [2.75, 3.05) is 13.1 Å². The molecule has 1 saturated heterocycles. The molecule has 102 valence electrons. The fourth-order valence-electron chi connectivity index (χ4n) is 2.07. The normalized spacial score (nSPS) is 23.2. The SMILES string of the molecule is C=CCN(C(=O)N1CC(O)C[C@H]1C(=O)O)C(C)C. The summed E-state index contributed by atoms with van der Waals surface area (Å²) in [6, 6.07) is -1.37. The van der Waals surface area contributed by atoms with Gasteiger partial charge in [0.1, 0.15) is 6.04 Å². The fourth-order valence-corrected chi connectivity index (χ4v) is 2.07. The van der Waals surface area contributed by atoms with Crippen molar-refractivity contribution < 1.29 is 19.8 Å². The van der Waals surface area contributed by atoms with Gasteiger partial charge in [0.25, 0.3) is 0 Å². The highest BCUT2D eigenvalue weighted by atomic mass is 16.4. The third-order valence-corrected chi connectivity index (χ3v) is 3.00. The Morgan fingerprint density at radius 3 is 2.61 bits per heavy atom. The number of amides is 2. The highest BCUT2D eigenvalue weighted by molar-refractivity contribution is 5.83. The molecule has 1 unspecified atom stereocenters. The third-order valence-electron chi connectivity index (χ3n) is 3.00. The molecule has 0 aliphatic carbocycles. The molecule has 18 heavy (non-hydrogen) atoms. The highest BCUT2D eigenvalue weighted by Crippen LogP contribution is 2.20. The summed E-state index contributed by atoms with van der Waals surface area (Å²) in [6.45, 7) is 7.71. The van der Waals surface area contributed by atoms with Gasteiger partial charge in [0.15, 0.2) is 0 Å². The van der Waals surface area contributed by atoms with E-state index in [2.05, 4.69) is 6.58 Å². The second-order valence-electron chi connectivity index (χ2n) is 4.71. The van der Waals surface area contributed by atoms with Crippen LogP contribution in [0.25, 0.3) is 0 Å². The van der Waals surface area contributed by atoms with Crippen LogP contribution in [0.4, 0.5) is 4.79 Å². The molecule has 0 aromatic heterocycles. The summed E-state index contributed by atoms with van der Waals surface area (Å²) < 4.78 is 0. The molecule has 0 saturated carbocycles. The molecule has 2 N–H and O–H groups in total. The molecule has 0 radical (unpaired) electrons. The number of hydrogen-bond acceptors (Lipinski definition) is 3. The first-order valence-electron chi connectivity index (χ1n) is 5.97. The van der Waals surface area contributed by atoms with E-state index in [-0.39, 0.29) is 25.0 Å². The highest BCUT2D eigenvalue weighted by Gasteiger charge is 2.40. The Morgan fingerprint density at radius 2 is 2.17 bits per heavy atom. The Morgan fingerprint density at radius 1 is 1.56 bits per heavy atom. The lowest BCUT2D eigenvalue weighted by atomic mass is 10.2. The van der Waals surface area contributed by atoms with Gasteiger partial charge in [-0.1, -0.05) is 6.08 Å². The van der Waals surface area contributed by atoms with Gasteiger partial charge in [0.05, 0.1) is 6.10 Å². The van der Waals surface area contributed by atoms with Crippen molar-refractivity contribution in [3.05, 3.63) is 12.7 Å². The smallest absolute Gasteiger partial charge is 0.326 e. The zero-order valence-corrected chi connectivity index (χ0v) is 10.7. The quantitative estimate of drug-likeness (QED) is 0.719. The molecular formula is C12H20N2O4. The van der Waals surface area contributed by atoms with Crippen LogP contribution in [0.3, 0.4) is 0 Å². The van der Waals surface area contributed by atoms with Gasteiger partial charge >= 0.3 is 12.0 Å². The summed E-state index contributed by atoms with van der Waals surface area (Å²) >= 11 is 0. The van der Waals surface area contributed by atoms with E-state index < -0.39 is 18.1 Å². The van der Waals surface area contributed by atoms with E-state index in [0.717, 1.165) is 0 Å². The van der Waals surface area contributed by atoms with Crippen molar-refractivity contribution in [1.82, 2.24) is 9.80 Å². The zero-order chi connectivity index (χ0) is 13.9. The molecule has 1 aliphatic heterocycles. The zero-order valence-electron chi connectivity index (χ0n) is 10.7. The van der Waals surface area contributed by atoms with Gasteiger partial charge in [-0.25, -0.2) is 9.59 Å². The minimum Gasteiger partial charge on any atom is -0.480 e. The van der Waals surface area contributed by atoms with Gasteiger partial charge < -0.3 is 20.0 Å². The second kappa shape index (κ2) is 5.86. The topological polar surface area (TPSA) is 81.1 Å². The predicted octanol–water partition coefficient (Wildman–Crippen LogP) is 0.523. The van der Waals surface area contributed by atoms with E-state index in [9.17, 15) is 14.7 Å². The van der Waals surface area contributed by atoms with Crippen molar-refractivity contribution >= 4 is 12.0 Å². The van der Waals surface area contributed by atoms with Crippen molar-refractivity contribution in [2.24, 2.45) is 0 Å². The van der Waals surface area contributed by atoms with Gasteiger partial charge in [0, 0.05) is 25.6 Å². The lowest BCUT2D eigenvalue weighted by Gasteiger charge is -2.32. The van der Waals surface area contributed by atoms with Crippen LogP contribution in [0, 0.1) is 0 Å².